The Morgan fingerprint density at radius 2 is 2.06 bits per heavy atom. The van der Waals surface area contributed by atoms with Crippen molar-refractivity contribution in [2.75, 3.05) is 0 Å². The minimum absolute atomic E-state index is 0.189. The molecule has 2 heterocycles. The zero-order chi connectivity index (χ0) is 11.7. The van der Waals surface area contributed by atoms with E-state index in [-0.39, 0.29) is 22.8 Å². The van der Waals surface area contributed by atoms with Gasteiger partial charge in [0.05, 0.1) is 5.56 Å². The Morgan fingerprint density at radius 3 is 2.69 bits per heavy atom. The maximum atomic E-state index is 11.4. The van der Waals surface area contributed by atoms with E-state index in [1.807, 2.05) is 0 Å². The summed E-state index contributed by atoms with van der Waals surface area (Å²) in [5, 5.41) is 9.44. The van der Waals surface area contributed by atoms with Crippen LogP contribution >= 0.6 is 0 Å². The third-order valence-electron chi connectivity index (χ3n) is 2.14. The molecule has 16 heavy (non-hydrogen) atoms. The van der Waals surface area contributed by atoms with Crippen LogP contribution < -0.4 is 5.56 Å². The molecule has 0 radical (unpaired) electrons. The first-order chi connectivity index (χ1) is 7.58. The molecule has 0 amide bonds. The van der Waals surface area contributed by atoms with Crippen molar-refractivity contribution < 1.29 is 5.11 Å². The average molecular weight is 218 g/mol. The maximum absolute atomic E-state index is 11.4. The molecule has 2 N–H and O–H groups in total. The van der Waals surface area contributed by atoms with Crippen LogP contribution in [0.15, 0.2) is 17.1 Å². The number of nitrogens with one attached hydrogen (secondary N) is 1. The van der Waals surface area contributed by atoms with Crippen LogP contribution in [0.2, 0.25) is 0 Å². The van der Waals surface area contributed by atoms with Crippen molar-refractivity contribution in [3.8, 4) is 17.4 Å². The highest BCUT2D eigenvalue weighted by Gasteiger charge is 2.08. The average Bonchev–Trinajstić information content (AvgIpc) is 2.25. The van der Waals surface area contributed by atoms with E-state index in [9.17, 15) is 9.90 Å². The predicted molar refractivity (Wildman–Crippen MR) is 57.0 cm³/mol. The molecular formula is C10H10N4O2. The van der Waals surface area contributed by atoms with Crippen molar-refractivity contribution in [2.45, 2.75) is 13.8 Å². The summed E-state index contributed by atoms with van der Waals surface area (Å²) in [7, 11) is 0. The number of nitrogens with zero attached hydrogens (tertiary/aromatic N) is 3. The van der Waals surface area contributed by atoms with Gasteiger partial charge in [0, 0.05) is 6.20 Å². The molecule has 2 aromatic rings. The smallest absolute Gasteiger partial charge is 0.257 e. The molecule has 0 aliphatic heterocycles. The topological polar surface area (TPSA) is 91.8 Å². The van der Waals surface area contributed by atoms with Crippen LogP contribution in [0.5, 0.6) is 5.88 Å². The second-order valence-corrected chi connectivity index (χ2v) is 3.35. The first-order valence-electron chi connectivity index (χ1n) is 4.68. The van der Waals surface area contributed by atoms with E-state index in [1.54, 1.807) is 19.2 Å². The van der Waals surface area contributed by atoms with Crippen molar-refractivity contribution in [1.29, 1.82) is 0 Å². The van der Waals surface area contributed by atoms with Gasteiger partial charge in [0.15, 0.2) is 5.82 Å². The van der Waals surface area contributed by atoms with Gasteiger partial charge in [-0.25, -0.2) is 9.97 Å². The molecule has 6 nitrogen and oxygen atoms in total. The van der Waals surface area contributed by atoms with Crippen molar-refractivity contribution in [3.05, 3.63) is 34.0 Å². The molecule has 0 saturated carbocycles. The molecule has 0 unspecified atom stereocenters. The molecule has 0 aliphatic rings. The quantitative estimate of drug-likeness (QED) is 0.729. The van der Waals surface area contributed by atoms with Crippen LogP contribution in [0, 0.1) is 13.8 Å². The summed E-state index contributed by atoms with van der Waals surface area (Å²) >= 11 is 0. The van der Waals surface area contributed by atoms with Crippen molar-refractivity contribution >= 4 is 0 Å². The van der Waals surface area contributed by atoms with E-state index in [1.165, 1.54) is 6.92 Å². The van der Waals surface area contributed by atoms with Crippen LogP contribution in [-0.2, 0) is 0 Å². The Bertz CT molecular complexity index is 592. The second kappa shape index (κ2) is 3.73. The molecule has 0 spiro atoms. The summed E-state index contributed by atoms with van der Waals surface area (Å²) in [5.74, 6) is 0.522. The highest BCUT2D eigenvalue weighted by atomic mass is 16.3. The summed E-state index contributed by atoms with van der Waals surface area (Å²) in [4.78, 5) is 25.9. The lowest BCUT2D eigenvalue weighted by Crippen LogP contribution is -2.12. The van der Waals surface area contributed by atoms with Crippen LogP contribution in [-0.4, -0.2) is 25.0 Å². The standard InChI is InChI=1S/C10H10N4O2/c1-5-9(15)13-8(14-10(5)16)7-3-4-11-6(2)12-7/h3-4H,1-2H3,(H2,13,14,15,16). The molecule has 0 aliphatic carbocycles. The minimum atomic E-state index is -0.376. The predicted octanol–water partition coefficient (Wildman–Crippen LogP) is 0.549. The second-order valence-electron chi connectivity index (χ2n) is 3.35. The summed E-state index contributed by atoms with van der Waals surface area (Å²) < 4.78 is 0. The highest BCUT2D eigenvalue weighted by Crippen LogP contribution is 2.14. The molecular weight excluding hydrogens is 208 g/mol. The van der Waals surface area contributed by atoms with Gasteiger partial charge in [0.25, 0.3) is 5.56 Å². The number of rotatable bonds is 1. The number of aromatic nitrogens is 4. The lowest BCUT2D eigenvalue weighted by atomic mass is 10.3. The van der Waals surface area contributed by atoms with E-state index in [0.29, 0.717) is 11.5 Å². The largest absolute Gasteiger partial charge is 0.493 e. The number of aryl methyl sites for hydroxylation is 1. The Hall–Kier alpha value is -2.24. The number of H-pyrrole nitrogens is 1. The molecule has 6 heteroatoms. The van der Waals surface area contributed by atoms with Crippen LogP contribution in [0.3, 0.4) is 0 Å². The van der Waals surface area contributed by atoms with Gasteiger partial charge in [0.1, 0.15) is 11.5 Å². The Kier molecular flexibility index (Phi) is 2.40. The van der Waals surface area contributed by atoms with Crippen molar-refractivity contribution in [3.63, 3.8) is 0 Å². The lowest BCUT2D eigenvalue weighted by Gasteiger charge is -2.02. The first-order valence-corrected chi connectivity index (χ1v) is 4.68. The van der Waals surface area contributed by atoms with Crippen molar-refractivity contribution in [2.24, 2.45) is 0 Å². The fraction of sp³-hybridized carbons (Fsp3) is 0.200. The molecule has 0 bridgehead atoms. The molecule has 82 valence electrons. The van der Waals surface area contributed by atoms with E-state index < -0.39 is 0 Å². The molecule has 0 saturated heterocycles. The van der Waals surface area contributed by atoms with Gasteiger partial charge in [-0.2, -0.15) is 4.98 Å². The Balaban J connectivity index is 2.61. The Labute approximate surface area is 91.1 Å². The third kappa shape index (κ3) is 1.77. The molecule has 0 aromatic carbocycles. The van der Waals surface area contributed by atoms with Crippen LogP contribution in [0.1, 0.15) is 11.4 Å². The first kappa shape index (κ1) is 10.3. The van der Waals surface area contributed by atoms with Crippen LogP contribution in [0.25, 0.3) is 11.5 Å². The maximum Gasteiger partial charge on any atom is 0.257 e. The lowest BCUT2D eigenvalue weighted by molar-refractivity contribution is 0.447. The Morgan fingerprint density at radius 1 is 1.31 bits per heavy atom. The van der Waals surface area contributed by atoms with Gasteiger partial charge in [-0.3, -0.25) is 4.79 Å². The normalized spacial score (nSPS) is 10.4. The zero-order valence-corrected chi connectivity index (χ0v) is 8.85. The van der Waals surface area contributed by atoms with Crippen molar-refractivity contribution in [1.82, 2.24) is 19.9 Å². The molecule has 2 rings (SSSR count). The summed E-state index contributed by atoms with van der Waals surface area (Å²) in [6, 6.07) is 1.61. The van der Waals surface area contributed by atoms with Gasteiger partial charge in [-0.1, -0.05) is 0 Å². The SMILES string of the molecule is Cc1nccc(-c2nc(O)c(C)c(=O)[nH]2)n1. The fourth-order valence-corrected chi connectivity index (χ4v) is 1.23. The van der Waals surface area contributed by atoms with E-state index >= 15 is 0 Å². The van der Waals surface area contributed by atoms with Gasteiger partial charge in [-0.05, 0) is 19.9 Å². The summed E-state index contributed by atoms with van der Waals surface area (Å²) in [6.07, 6.45) is 1.56. The number of hydrogen-bond donors (Lipinski definition) is 2. The van der Waals surface area contributed by atoms with E-state index in [2.05, 4.69) is 19.9 Å². The highest BCUT2D eigenvalue weighted by molar-refractivity contribution is 5.49. The zero-order valence-electron chi connectivity index (χ0n) is 8.85. The summed E-state index contributed by atoms with van der Waals surface area (Å²) in [6.45, 7) is 3.23. The fourth-order valence-electron chi connectivity index (χ4n) is 1.23. The van der Waals surface area contributed by atoms with Gasteiger partial charge in [0.2, 0.25) is 5.88 Å². The summed E-state index contributed by atoms with van der Waals surface area (Å²) in [5.41, 5.74) is 0.285. The minimum Gasteiger partial charge on any atom is -0.493 e. The molecule has 0 fully saturated rings. The van der Waals surface area contributed by atoms with Gasteiger partial charge in [-0.15, -0.1) is 0 Å². The van der Waals surface area contributed by atoms with Gasteiger partial charge >= 0.3 is 0 Å². The van der Waals surface area contributed by atoms with E-state index in [0.717, 1.165) is 0 Å². The molecule has 0 atom stereocenters. The van der Waals surface area contributed by atoms with E-state index in [4.69, 9.17) is 0 Å². The molecule has 2 aromatic heterocycles. The third-order valence-corrected chi connectivity index (χ3v) is 2.14. The number of aromatic amines is 1. The van der Waals surface area contributed by atoms with Gasteiger partial charge < -0.3 is 10.1 Å². The number of hydrogen-bond acceptors (Lipinski definition) is 5. The monoisotopic (exact) mass is 218 g/mol. The number of aromatic hydroxyl groups is 1. The van der Waals surface area contributed by atoms with Crippen LogP contribution in [0.4, 0.5) is 0 Å².